The molecule has 1 aliphatic rings. The van der Waals surface area contributed by atoms with E-state index in [4.69, 9.17) is 9.84 Å². The van der Waals surface area contributed by atoms with E-state index in [1.165, 1.54) is 4.68 Å². The molecule has 0 aliphatic carbocycles. The summed E-state index contributed by atoms with van der Waals surface area (Å²) in [5, 5.41) is 23.1. The maximum atomic E-state index is 10.7. The number of hydrogen-bond donors (Lipinski definition) is 1. The van der Waals surface area contributed by atoms with Crippen molar-refractivity contribution in [3.8, 4) is 0 Å². The van der Waals surface area contributed by atoms with Crippen molar-refractivity contribution in [2.75, 3.05) is 13.2 Å². The van der Waals surface area contributed by atoms with Crippen LogP contribution in [0.15, 0.2) is 6.20 Å². The van der Waals surface area contributed by atoms with Gasteiger partial charge in [0.15, 0.2) is 0 Å². The van der Waals surface area contributed by atoms with Crippen LogP contribution >= 0.6 is 0 Å². The van der Waals surface area contributed by atoms with Crippen LogP contribution in [0.25, 0.3) is 0 Å². The van der Waals surface area contributed by atoms with E-state index in [9.17, 15) is 14.9 Å². The minimum absolute atomic E-state index is 0.119. The number of aromatic nitrogens is 2. The first-order valence-electron chi connectivity index (χ1n) is 4.64. The molecule has 1 aromatic rings. The first-order valence-corrected chi connectivity index (χ1v) is 4.64. The molecule has 1 aliphatic heterocycles. The molecule has 0 saturated carbocycles. The fourth-order valence-electron chi connectivity index (χ4n) is 1.59. The van der Waals surface area contributed by atoms with Gasteiger partial charge < -0.3 is 9.84 Å². The highest BCUT2D eigenvalue weighted by Gasteiger charge is 2.28. The number of rotatable bonds is 3. The molecule has 0 aromatic carbocycles. The van der Waals surface area contributed by atoms with Gasteiger partial charge in [0.1, 0.15) is 6.20 Å². The van der Waals surface area contributed by atoms with Crippen molar-refractivity contribution in [2.24, 2.45) is 0 Å². The monoisotopic (exact) mass is 227 g/mol. The Morgan fingerprint density at radius 1 is 1.75 bits per heavy atom. The standard InChI is InChI=1S/C8H9N3O5/c12-8(13)7-6(11(14)15)3-10(9-7)5-1-2-16-4-5/h3,5H,1-2,4H2,(H,12,13). The van der Waals surface area contributed by atoms with Crippen molar-refractivity contribution in [1.82, 2.24) is 9.78 Å². The van der Waals surface area contributed by atoms with Crippen LogP contribution in [0.1, 0.15) is 23.0 Å². The van der Waals surface area contributed by atoms with Crippen molar-refractivity contribution in [3.63, 3.8) is 0 Å². The predicted octanol–water partition coefficient (Wildman–Crippen LogP) is 0.451. The van der Waals surface area contributed by atoms with Gasteiger partial charge in [0, 0.05) is 6.61 Å². The van der Waals surface area contributed by atoms with Gasteiger partial charge in [0.05, 0.1) is 17.6 Å². The second-order valence-corrected chi connectivity index (χ2v) is 3.42. The van der Waals surface area contributed by atoms with Crippen molar-refractivity contribution >= 4 is 11.7 Å². The largest absolute Gasteiger partial charge is 0.476 e. The summed E-state index contributed by atoms with van der Waals surface area (Å²) in [4.78, 5) is 20.6. The molecule has 8 heteroatoms. The summed E-state index contributed by atoms with van der Waals surface area (Å²) < 4.78 is 6.40. The van der Waals surface area contributed by atoms with Gasteiger partial charge in [-0.15, -0.1) is 0 Å². The predicted molar refractivity (Wildman–Crippen MR) is 50.3 cm³/mol. The molecule has 1 fully saturated rings. The van der Waals surface area contributed by atoms with E-state index in [1.54, 1.807) is 0 Å². The molecule has 0 spiro atoms. The molecular formula is C8H9N3O5. The molecule has 2 rings (SSSR count). The van der Waals surface area contributed by atoms with Crippen molar-refractivity contribution < 1.29 is 19.6 Å². The number of ether oxygens (including phenoxy) is 1. The molecule has 86 valence electrons. The summed E-state index contributed by atoms with van der Waals surface area (Å²) in [6, 6.07) is -0.119. The molecule has 0 radical (unpaired) electrons. The zero-order valence-corrected chi connectivity index (χ0v) is 8.20. The highest BCUT2D eigenvalue weighted by molar-refractivity contribution is 5.89. The van der Waals surface area contributed by atoms with E-state index in [2.05, 4.69) is 5.10 Å². The average Bonchev–Trinajstić information content (AvgIpc) is 2.86. The van der Waals surface area contributed by atoms with Crippen molar-refractivity contribution in [1.29, 1.82) is 0 Å². The number of carbonyl (C=O) groups is 1. The third-order valence-electron chi connectivity index (χ3n) is 2.39. The molecule has 8 nitrogen and oxygen atoms in total. The number of hydrogen-bond acceptors (Lipinski definition) is 5. The summed E-state index contributed by atoms with van der Waals surface area (Å²) in [7, 11) is 0. The third kappa shape index (κ3) is 1.74. The van der Waals surface area contributed by atoms with Crippen LogP contribution in [0.2, 0.25) is 0 Å². The number of carboxylic acid groups (broad SMARTS) is 1. The molecule has 1 aromatic heterocycles. The number of nitro groups is 1. The summed E-state index contributed by atoms with van der Waals surface area (Å²) in [5.74, 6) is -1.40. The fraction of sp³-hybridized carbons (Fsp3) is 0.500. The van der Waals surface area contributed by atoms with Gasteiger partial charge in [-0.3, -0.25) is 14.8 Å². The van der Waals surface area contributed by atoms with Crippen LogP contribution in [0.3, 0.4) is 0 Å². The minimum Gasteiger partial charge on any atom is -0.476 e. The molecule has 1 saturated heterocycles. The van der Waals surface area contributed by atoms with Gasteiger partial charge in [-0.05, 0) is 6.42 Å². The van der Waals surface area contributed by atoms with Crippen LogP contribution in [-0.4, -0.2) is 39.0 Å². The molecule has 0 amide bonds. The molecule has 16 heavy (non-hydrogen) atoms. The Hall–Kier alpha value is -1.96. The Bertz CT molecular complexity index is 403. The second-order valence-electron chi connectivity index (χ2n) is 3.42. The maximum absolute atomic E-state index is 10.7. The normalized spacial score (nSPS) is 19.9. The van der Waals surface area contributed by atoms with Gasteiger partial charge in [0.2, 0.25) is 5.69 Å². The topological polar surface area (TPSA) is 107 Å². The number of nitrogens with zero attached hydrogens (tertiary/aromatic N) is 3. The summed E-state index contributed by atoms with van der Waals surface area (Å²) in [6.45, 7) is 0.957. The van der Waals surface area contributed by atoms with Crippen molar-refractivity contribution in [2.45, 2.75) is 12.5 Å². The van der Waals surface area contributed by atoms with Gasteiger partial charge in [-0.1, -0.05) is 0 Å². The Balaban J connectivity index is 2.37. The van der Waals surface area contributed by atoms with E-state index in [0.717, 1.165) is 6.20 Å². The Morgan fingerprint density at radius 3 is 2.94 bits per heavy atom. The van der Waals surface area contributed by atoms with Crippen molar-refractivity contribution in [3.05, 3.63) is 22.0 Å². The van der Waals surface area contributed by atoms with E-state index in [-0.39, 0.29) is 6.04 Å². The SMILES string of the molecule is O=C(O)c1nn(C2CCOC2)cc1[N+](=O)[O-]. The van der Waals surface area contributed by atoms with E-state index >= 15 is 0 Å². The Kier molecular flexibility index (Phi) is 2.57. The number of carboxylic acids is 1. The average molecular weight is 227 g/mol. The highest BCUT2D eigenvalue weighted by Crippen LogP contribution is 2.23. The summed E-state index contributed by atoms with van der Waals surface area (Å²) >= 11 is 0. The van der Waals surface area contributed by atoms with Crippen LogP contribution in [0.5, 0.6) is 0 Å². The molecule has 0 bridgehead atoms. The lowest BCUT2D eigenvalue weighted by Crippen LogP contribution is -2.10. The van der Waals surface area contributed by atoms with Crippen LogP contribution in [-0.2, 0) is 4.74 Å². The van der Waals surface area contributed by atoms with Gasteiger partial charge >= 0.3 is 11.7 Å². The van der Waals surface area contributed by atoms with Gasteiger partial charge in [-0.2, -0.15) is 5.10 Å². The minimum atomic E-state index is -1.40. The van der Waals surface area contributed by atoms with Crippen LogP contribution < -0.4 is 0 Å². The summed E-state index contributed by atoms with van der Waals surface area (Å²) in [6.07, 6.45) is 1.82. The van der Waals surface area contributed by atoms with Crippen LogP contribution in [0, 0.1) is 10.1 Å². The Labute approximate surface area is 89.6 Å². The number of aromatic carboxylic acids is 1. The highest BCUT2D eigenvalue weighted by atomic mass is 16.6. The Morgan fingerprint density at radius 2 is 2.50 bits per heavy atom. The first kappa shape index (κ1) is 10.6. The lowest BCUT2D eigenvalue weighted by Gasteiger charge is -2.05. The van der Waals surface area contributed by atoms with Gasteiger partial charge in [0.25, 0.3) is 0 Å². The summed E-state index contributed by atoms with van der Waals surface area (Å²) in [5.41, 5.74) is -1.02. The molecule has 2 heterocycles. The second kappa shape index (κ2) is 3.89. The molecule has 1 unspecified atom stereocenters. The first-order chi connectivity index (χ1) is 7.59. The quantitative estimate of drug-likeness (QED) is 0.593. The lowest BCUT2D eigenvalue weighted by molar-refractivity contribution is -0.385. The van der Waals surface area contributed by atoms with Gasteiger partial charge in [-0.25, -0.2) is 4.79 Å². The zero-order valence-electron chi connectivity index (χ0n) is 8.20. The molecular weight excluding hydrogens is 218 g/mol. The van der Waals surface area contributed by atoms with E-state index < -0.39 is 22.3 Å². The smallest absolute Gasteiger partial charge is 0.363 e. The lowest BCUT2D eigenvalue weighted by atomic mass is 10.3. The van der Waals surface area contributed by atoms with Crippen LogP contribution in [0.4, 0.5) is 5.69 Å². The zero-order chi connectivity index (χ0) is 11.7. The fourth-order valence-corrected chi connectivity index (χ4v) is 1.59. The van der Waals surface area contributed by atoms with E-state index in [1.807, 2.05) is 0 Å². The third-order valence-corrected chi connectivity index (χ3v) is 2.39. The maximum Gasteiger partial charge on any atom is 0.363 e. The molecule has 1 atom stereocenters. The molecule has 1 N–H and O–H groups in total. The van der Waals surface area contributed by atoms with E-state index in [0.29, 0.717) is 19.6 Å².